The van der Waals surface area contributed by atoms with Crippen molar-refractivity contribution in [1.82, 2.24) is 5.32 Å². The number of carbonyl (C=O) groups excluding carboxylic acids is 2. The third kappa shape index (κ3) is 4.45. The molecule has 0 aliphatic carbocycles. The average molecular weight is 312 g/mol. The summed E-state index contributed by atoms with van der Waals surface area (Å²) in [4.78, 5) is 33.8. The van der Waals surface area contributed by atoms with Crippen molar-refractivity contribution < 1.29 is 19.2 Å². The number of thioether (sulfide) groups is 1. The van der Waals surface area contributed by atoms with Crippen LogP contribution in [0.2, 0.25) is 0 Å². The van der Waals surface area contributed by atoms with Crippen LogP contribution >= 0.6 is 11.8 Å². The summed E-state index contributed by atoms with van der Waals surface area (Å²) >= 11 is 1.18. The molecule has 0 bridgehead atoms. The Hall–Kier alpha value is -2.09. The first-order valence-corrected chi connectivity index (χ1v) is 7.10. The van der Waals surface area contributed by atoms with Crippen LogP contribution < -0.4 is 5.32 Å². The Morgan fingerprint density at radius 2 is 2.14 bits per heavy atom. The number of hydrogen-bond donors (Lipinski definition) is 1. The highest BCUT2D eigenvalue weighted by molar-refractivity contribution is 7.99. The van der Waals surface area contributed by atoms with Gasteiger partial charge < -0.3 is 10.1 Å². The molecule has 1 aromatic rings. The first-order chi connectivity index (χ1) is 9.90. The van der Waals surface area contributed by atoms with Gasteiger partial charge in [-0.2, -0.15) is 0 Å². The standard InChI is InChI=1S/C13H16N2O5S/c1-8(13(17)20-3)7-21-11-5-4-9(12(16)14-2)6-10(11)15(18)19/h4-6,8H,7H2,1-3H3,(H,14,16). The monoisotopic (exact) mass is 312 g/mol. The van der Waals surface area contributed by atoms with E-state index in [1.54, 1.807) is 6.92 Å². The van der Waals surface area contributed by atoms with Gasteiger partial charge >= 0.3 is 5.97 Å². The summed E-state index contributed by atoms with van der Waals surface area (Å²) in [7, 11) is 2.75. The van der Waals surface area contributed by atoms with Gasteiger partial charge in [-0.3, -0.25) is 19.7 Å². The number of carbonyl (C=O) groups is 2. The third-order valence-corrected chi connectivity index (χ3v) is 4.06. The van der Waals surface area contributed by atoms with E-state index >= 15 is 0 Å². The van der Waals surface area contributed by atoms with Gasteiger partial charge in [0.2, 0.25) is 0 Å². The Morgan fingerprint density at radius 1 is 1.48 bits per heavy atom. The molecule has 7 nitrogen and oxygen atoms in total. The third-order valence-electron chi connectivity index (χ3n) is 2.74. The van der Waals surface area contributed by atoms with E-state index in [4.69, 9.17) is 0 Å². The molecule has 21 heavy (non-hydrogen) atoms. The van der Waals surface area contributed by atoms with Crippen molar-refractivity contribution in [2.24, 2.45) is 5.92 Å². The van der Waals surface area contributed by atoms with Crippen molar-refractivity contribution in [3.8, 4) is 0 Å². The van der Waals surface area contributed by atoms with Crippen molar-refractivity contribution >= 4 is 29.3 Å². The Balaban J connectivity index is 2.94. The van der Waals surface area contributed by atoms with E-state index in [-0.39, 0.29) is 23.1 Å². The van der Waals surface area contributed by atoms with Crippen LogP contribution in [0.25, 0.3) is 0 Å². The highest BCUT2D eigenvalue weighted by atomic mass is 32.2. The normalized spacial score (nSPS) is 11.6. The van der Waals surface area contributed by atoms with Crippen molar-refractivity contribution in [2.75, 3.05) is 19.9 Å². The van der Waals surface area contributed by atoms with Crippen LogP contribution in [0.15, 0.2) is 23.1 Å². The molecule has 1 unspecified atom stereocenters. The first kappa shape index (κ1) is 17.0. The van der Waals surface area contributed by atoms with Crippen LogP contribution in [0, 0.1) is 16.0 Å². The van der Waals surface area contributed by atoms with Gasteiger partial charge in [0.05, 0.1) is 22.8 Å². The zero-order valence-corrected chi connectivity index (χ0v) is 12.7. The van der Waals surface area contributed by atoms with E-state index in [1.165, 1.54) is 44.1 Å². The van der Waals surface area contributed by atoms with Crippen LogP contribution in [-0.4, -0.2) is 36.7 Å². The minimum atomic E-state index is -0.544. The lowest BCUT2D eigenvalue weighted by molar-refractivity contribution is -0.387. The Bertz CT molecular complexity index is 561. The number of ether oxygens (including phenoxy) is 1. The number of esters is 1. The molecular formula is C13H16N2O5S. The number of amides is 1. The molecule has 0 fully saturated rings. The molecule has 0 aromatic heterocycles. The molecule has 1 rings (SSSR count). The van der Waals surface area contributed by atoms with Crippen LogP contribution in [0.1, 0.15) is 17.3 Å². The molecule has 0 saturated carbocycles. The van der Waals surface area contributed by atoms with Gasteiger partial charge in [-0.05, 0) is 12.1 Å². The van der Waals surface area contributed by atoms with E-state index in [2.05, 4.69) is 10.1 Å². The van der Waals surface area contributed by atoms with Gasteiger partial charge in [0.15, 0.2) is 0 Å². The fraction of sp³-hybridized carbons (Fsp3) is 0.385. The molecule has 1 N–H and O–H groups in total. The van der Waals surface area contributed by atoms with Crippen molar-refractivity contribution in [1.29, 1.82) is 0 Å². The number of hydrogen-bond acceptors (Lipinski definition) is 6. The largest absolute Gasteiger partial charge is 0.469 e. The topological polar surface area (TPSA) is 98.5 Å². The predicted molar refractivity (Wildman–Crippen MR) is 78.4 cm³/mol. The highest BCUT2D eigenvalue weighted by Crippen LogP contribution is 2.31. The van der Waals surface area contributed by atoms with Crippen molar-refractivity contribution in [3.05, 3.63) is 33.9 Å². The van der Waals surface area contributed by atoms with E-state index in [9.17, 15) is 19.7 Å². The summed E-state index contributed by atoms with van der Waals surface area (Å²) in [5, 5.41) is 13.5. The van der Waals surface area contributed by atoms with Gasteiger partial charge in [-0.1, -0.05) is 6.92 Å². The zero-order chi connectivity index (χ0) is 16.0. The quantitative estimate of drug-likeness (QED) is 0.372. The molecule has 1 aromatic carbocycles. The molecule has 0 aliphatic rings. The van der Waals surface area contributed by atoms with Crippen LogP contribution in [0.3, 0.4) is 0 Å². The molecule has 1 amide bonds. The highest BCUT2D eigenvalue weighted by Gasteiger charge is 2.20. The number of benzene rings is 1. The fourth-order valence-electron chi connectivity index (χ4n) is 1.55. The van der Waals surface area contributed by atoms with Crippen molar-refractivity contribution in [3.63, 3.8) is 0 Å². The molecular weight excluding hydrogens is 296 g/mol. The molecule has 0 spiro atoms. The van der Waals surface area contributed by atoms with Crippen molar-refractivity contribution in [2.45, 2.75) is 11.8 Å². The fourth-order valence-corrected chi connectivity index (χ4v) is 2.56. The second-order valence-electron chi connectivity index (χ2n) is 4.25. The summed E-state index contributed by atoms with van der Waals surface area (Å²) < 4.78 is 4.60. The van der Waals surface area contributed by atoms with Crippen LogP contribution in [0.5, 0.6) is 0 Å². The minimum Gasteiger partial charge on any atom is -0.469 e. The maximum absolute atomic E-state index is 11.5. The second kappa shape index (κ2) is 7.63. The summed E-state index contributed by atoms with van der Waals surface area (Å²) in [6, 6.07) is 4.25. The van der Waals surface area contributed by atoms with E-state index in [0.717, 1.165) is 0 Å². The summed E-state index contributed by atoms with van der Waals surface area (Å²) in [5.74, 6) is -0.782. The smallest absolute Gasteiger partial charge is 0.309 e. The van der Waals surface area contributed by atoms with Gasteiger partial charge in [0.1, 0.15) is 0 Å². The van der Waals surface area contributed by atoms with Crippen LogP contribution in [-0.2, 0) is 9.53 Å². The lowest BCUT2D eigenvalue weighted by Gasteiger charge is -2.09. The lowest BCUT2D eigenvalue weighted by Crippen LogP contribution is -2.18. The lowest BCUT2D eigenvalue weighted by atomic mass is 10.2. The maximum Gasteiger partial charge on any atom is 0.309 e. The Labute approximate surface area is 126 Å². The summed E-state index contributed by atoms with van der Waals surface area (Å²) in [6.45, 7) is 1.68. The number of nitro groups is 1. The molecule has 114 valence electrons. The molecule has 0 saturated heterocycles. The van der Waals surface area contributed by atoms with E-state index < -0.39 is 10.8 Å². The number of methoxy groups -OCH3 is 1. The van der Waals surface area contributed by atoms with E-state index in [1.807, 2.05) is 0 Å². The van der Waals surface area contributed by atoms with Crippen LogP contribution in [0.4, 0.5) is 5.69 Å². The number of nitrogens with one attached hydrogen (secondary N) is 1. The van der Waals surface area contributed by atoms with E-state index in [0.29, 0.717) is 10.6 Å². The predicted octanol–water partition coefficient (Wildman–Crippen LogP) is 1.86. The van der Waals surface area contributed by atoms with Gasteiger partial charge in [0.25, 0.3) is 11.6 Å². The summed E-state index contributed by atoms with van der Waals surface area (Å²) in [6.07, 6.45) is 0. The average Bonchev–Trinajstić information content (AvgIpc) is 2.50. The zero-order valence-electron chi connectivity index (χ0n) is 11.9. The number of nitrogens with zero attached hydrogens (tertiary/aromatic N) is 1. The Morgan fingerprint density at radius 3 is 2.67 bits per heavy atom. The Kier molecular flexibility index (Phi) is 6.16. The second-order valence-corrected chi connectivity index (χ2v) is 5.32. The van der Waals surface area contributed by atoms with Gasteiger partial charge in [-0.25, -0.2) is 0 Å². The number of rotatable bonds is 6. The van der Waals surface area contributed by atoms with Gasteiger partial charge in [-0.15, -0.1) is 11.8 Å². The molecule has 0 aliphatic heterocycles. The number of nitro benzene ring substituents is 1. The molecule has 8 heteroatoms. The molecule has 0 radical (unpaired) electrons. The van der Waals surface area contributed by atoms with Gasteiger partial charge in [0, 0.05) is 24.4 Å². The maximum atomic E-state index is 11.5. The molecule has 1 atom stereocenters. The minimum absolute atomic E-state index is 0.154. The SMILES string of the molecule is CNC(=O)c1ccc(SCC(C)C(=O)OC)c([N+](=O)[O-])c1. The molecule has 0 heterocycles. The summed E-state index contributed by atoms with van der Waals surface area (Å²) in [5.41, 5.74) is 0.0627. The first-order valence-electron chi connectivity index (χ1n) is 6.11.